The smallest absolute Gasteiger partial charge is 0.387 e. The molecule has 1 unspecified atom stereocenters. The highest BCUT2D eigenvalue weighted by Crippen LogP contribution is 2.27. The van der Waals surface area contributed by atoms with Crippen LogP contribution in [0.3, 0.4) is 0 Å². The van der Waals surface area contributed by atoms with E-state index < -0.39 is 12.6 Å². The Morgan fingerprint density at radius 2 is 1.89 bits per heavy atom. The third kappa shape index (κ3) is 5.63. The molecule has 0 aliphatic carbocycles. The van der Waals surface area contributed by atoms with Crippen LogP contribution in [-0.4, -0.2) is 66.1 Å². The zero-order chi connectivity index (χ0) is 20.1. The minimum atomic E-state index is -2.91. The number of carboxylic acids is 1. The van der Waals surface area contributed by atoms with E-state index in [9.17, 15) is 18.4 Å². The quantitative estimate of drug-likeness (QED) is 0.817. The Bertz CT molecular complexity index is 673. The molecule has 27 heavy (non-hydrogen) atoms. The molecule has 1 amide bonds. The molecule has 0 spiro atoms. The Hall–Kier alpha value is -2.22. The second-order valence-electron chi connectivity index (χ2n) is 7.00. The second-order valence-corrected chi connectivity index (χ2v) is 7.00. The van der Waals surface area contributed by atoms with Crippen LogP contribution < -0.4 is 4.74 Å². The van der Waals surface area contributed by atoms with Crippen molar-refractivity contribution in [1.29, 1.82) is 0 Å². The Morgan fingerprint density at radius 3 is 2.44 bits per heavy atom. The van der Waals surface area contributed by atoms with Crippen molar-refractivity contribution in [1.82, 2.24) is 9.80 Å². The van der Waals surface area contributed by atoms with Gasteiger partial charge in [-0.15, -0.1) is 0 Å². The van der Waals surface area contributed by atoms with Crippen molar-refractivity contribution in [3.05, 3.63) is 28.8 Å². The first-order chi connectivity index (χ1) is 12.7. The lowest BCUT2D eigenvalue weighted by Crippen LogP contribution is -2.37. The maximum Gasteiger partial charge on any atom is 0.387 e. The van der Waals surface area contributed by atoms with Crippen LogP contribution in [0.15, 0.2) is 12.1 Å². The molecular formula is C19H26F2N2O4. The zero-order valence-corrected chi connectivity index (χ0v) is 15.9. The summed E-state index contributed by atoms with van der Waals surface area (Å²) in [6, 6.07) is 3.27. The van der Waals surface area contributed by atoms with E-state index in [2.05, 4.69) is 4.74 Å². The number of likely N-dealkylation sites (tertiary alicyclic amines) is 1. The van der Waals surface area contributed by atoms with Gasteiger partial charge in [0.25, 0.3) is 5.91 Å². The molecule has 2 rings (SSSR count). The summed E-state index contributed by atoms with van der Waals surface area (Å²) in [5, 5.41) is 8.94. The molecule has 8 heteroatoms. The number of hydrogen-bond acceptors (Lipinski definition) is 4. The van der Waals surface area contributed by atoms with Gasteiger partial charge in [0.1, 0.15) is 5.75 Å². The standard InChI is InChI=1S/C19H26F2N2O4/c1-12-9-14(10-13(2)17(12)27-19(20)21)18(26)23-7-4-5-15(6-8-23)22(3)11-16(24)25/h9-10,15,19H,4-8,11H2,1-3H3,(H,24,25). The third-order valence-corrected chi connectivity index (χ3v) is 4.91. The summed E-state index contributed by atoms with van der Waals surface area (Å²) in [6.07, 6.45) is 2.30. The van der Waals surface area contributed by atoms with E-state index >= 15 is 0 Å². The van der Waals surface area contributed by atoms with Crippen LogP contribution in [0.25, 0.3) is 0 Å². The highest BCUT2D eigenvalue weighted by Gasteiger charge is 2.25. The largest absolute Gasteiger partial charge is 0.480 e. The van der Waals surface area contributed by atoms with Crippen molar-refractivity contribution in [2.75, 3.05) is 26.7 Å². The number of carbonyl (C=O) groups is 2. The van der Waals surface area contributed by atoms with Gasteiger partial charge in [0.15, 0.2) is 0 Å². The predicted molar refractivity (Wildman–Crippen MR) is 96.4 cm³/mol. The summed E-state index contributed by atoms with van der Waals surface area (Å²) in [5.74, 6) is -0.911. The summed E-state index contributed by atoms with van der Waals surface area (Å²) in [7, 11) is 1.78. The van der Waals surface area contributed by atoms with Gasteiger partial charge >= 0.3 is 12.6 Å². The molecule has 1 fully saturated rings. The van der Waals surface area contributed by atoms with Crippen LogP contribution in [-0.2, 0) is 4.79 Å². The first-order valence-corrected chi connectivity index (χ1v) is 8.96. The fourth-order valence-corrected chi connectivity index (χ4v) is 3.60. The normalized spacial score (nSPS) is 17.9. The number of carbonyl (C=O) groups excluding carboxylic acids is 1. The number of nitrogens with zero attached hydrogens (tertiary/aromatic N) is 2. The number of rotatable bonds is 6. The van der Waals surface area contributed by atoms with E-state index in [1.807, 2.05) is 0 Å². The summed E-state index contributed by atoms with van der Waals surface area (Å²) in [6.45, 7) is 1.46. The molecule has 1 aromatic rings. The van der Waals surface area contributed by atoms with Crippen LogP contribution in [0.5, 0.6) is 5.75 Å². The van der Waals surface area contributed by atoms with Crippen LogP contribution in [0.4, 0.5) is 8.78 Å². The Labute approximate surface area is 157 Å². The summed E-state index contributed by atoms with van der Waals surface area (Å²) in [5.41, 5.74) is 1.43. The van der Waals surface area contributed by atoms with E-state index in [-0.39, 0.29) is 24.2 Å². The summed E-state index contributed by atoms with van der Waals surface area (Å²) >= 11 is 0. The highest BCUT2D eigenvalue weighted by molar-refractivity contribution is 5.95. The molecule has 0 bridgehead atoms. The van der Waals surface area contributed by atoms with Gasteiger partial charge in [-0.2, -0.15) is 8.78 Å². The number of halogens is 2. The number of hydrogen-bond donors (Lipinski definition) is 1. The first-order valence-electron chi connectivity index (χ1n) is 8.96. The summed E-state index contributed by atoms with van der Waals surface area (Å²) < 4.78 is 29.6. The van der Waals surface area contributed by atoms with Gasteiger partial charge in [-0.3, -0.25) is 14.5 Å². The third-order valence-electron chi connectivity index (χ3n) is 4.91. The van der Waals surface area contributed by atoms with Crippen molar-refractivity contribution < 1.29 is 28.2 Å². The van der Waals surface area contributed by atoms with Gasteiger partial charge in [0.05, 0.1) is 6.54 Å². The van der Waals surface area contributed by atoms with Crippen molar-refractivity contribution in [3.63, 3.8) is 0 Å². The zero-order valence-electron chi connectivity index (χ0n) is 15.9. The number of likely N-dealkylation sites (N-methyl/N-ethyl adjacent to an activating group) is 1. The Balaban J connectivity index is 2.08. The van der Waals surface area contributed by atoms with Gasteiger partial charge in [-0.1, -0.05) is 0 Å². The number of aliphatic carboxylic acids is 1. The van der Waals surface area contributed by atoms with E-state index in [0.717, 1.165) is 12.8 Å². The lowest BCUT2D eigenvalue weighted by molar-refractivity contribution is -0.138. The van der Waals surface area contributed by atoms with E-state index in [4.69, 9.17) is 5.11 Å². The van der Waals surface area contributed by atoms with Gasteiger partial charge in [-0.05, 0) is 63.4 Å². The molecule has 1 heterocycles. The highest BCUT2D eigenvalue weighted by atomic mass is 19.3. The van der Waals surface area contributed by atoms with Crippen LogP contribution >= 0.6 is 0 Å². The lowest BCUT2D eigenvalue weighted by atomic mass is 10.0. The lowest BCUT2D eigenvalue weighted by Gasteiger charge is -2.25. The fraction of sp³-hybridized carbons (Fsp3) is 0.579. The van der Waals surface area contributed by atoms with Gasteiger partial charge in [-0.25, -0.2) is 0 Å². The van der Waals surface area contributed by atoms with Crippen molar-refractivity contribution in [2.24, 2.45) is 0 Å². The minimum absolute atomic E-state index is 0.0252. The fourth-order valence-electron chi connectivity index (χ4n) is 3.60. The molecule has 1 aromatic carbocycles. The Morgan fingerprint density at radius 1 is 1.26 bits per heavy atom. The van der Waals surface area contributed by atoms with Crippen molar-refractivity contribution >= 4 is 11.9 Å². The molecule has 0 aromatic heterocycles. The van der Waals surface area contributed by atoms with E-state index in [0.29, 0.717) is 36.2 Å². The van der Waals surface area contributed by atoms with Gasteiger partial charge in [0.2, 0.25) is 0 Å². The maximum absolute atomic E-state index is 12.9. The van der Waals surface area contributed by atoms with Crippen LogP contribution in [0.1, 0.15) is 40.7 Å². The van der Waals surface area contributed by atoms with E-state index in [1.165, 1.54) is 0 Å². The predicted octanol–water partition coefficient (Wildman–Crippen LogP) is 2.92. The average Bonchev–Trinajstić information content (AvgIpc) is 2.82. The molecule has 1 atom stereocenters. The van der Waals surface area contributed by atoms with Gasteiger partial charge < -0.3 is 14.7 Å². The number of amides is 1. The summed E-state index contributed by atoms with van der Waals surface area (Å²) in [4.78, 5) is 27.3. The minimum Gasteiger partial charge on any atom is -0.480 e. The maximum atomic E-state index is 12.9. The molecule has 0 radical (unpaired) electrons. The molecule has 150 valence electrons. The molecule has 1 aliphatic rings. The molecule has 1 saturated heterocycles. The molecule has 6 nitrogen and oxygen atoms in total. The average molecular weight is 384 g/mol. The van der Waals surface area contributed by atoms with E-state index in [1.54, 1.807) is 42.8 Å². The number of ether oxygens (including phenoxy) is 1. The van der Waals surface area contributed by atoms with Crippen LogP contribution in [0, 0.1) is 13.8 Å². The molecule has 1 N–H and O–H groups in total. The Kier molecular flexibility index (Phi) is 7.12. The molecule has 0 saturated carbocycles. The second kappa shape index (κ2) is 9.12. The number of aryl methyl sites for hydroxylation is 2. The monoisotopic (exact) mass is 384 g/mol. The SMILES string of the molecule is Cc1cc(C(=O)N2CCCC(N(C)CC(=O)O)CC2)cc(C)c1OC(F)F. The van der Waals surface area contributed by atoms with Crippen LogP contribution in [0.2, 0.25) is 0 Å². The van der Waals surface area contributed by atoms with Crippen molar-refractivity contribution in [3.8, 4) is 5.75 Å². The molecule has 1 aliphatic heterocycles. The number of benzene rings is 1. The van der Waals surface area contributed by atoms with Crippen molar-refractivity contribution in [2.45, 2.75) is 45.8 Å². The topological polar surface area (TPSA) is 70.1 Å². The first kappa shape index (κ1) is 21.1. The van der Waals surface area contributed by atoms with Gasteiger partial charge in [0, 0.05) is 24.7 Å². The number of carboxylic acid groups (broad SMARTS) is 1. The number of alkyl halides is 2. The molecular weight excluding hydrogens is 358 g/mol.